The molecule has 2 amide bonds. The van der Waals surface area contributed by atoms with Crippen LogP contribution in [0.5, 0.6) is 0 Å². The largest absolute Gasteiger partial charge is 0.393 e. The van der Waals surface area contributed by atoms with Crippen molar-refractivity contribution in [2.75, 3.05) is 11.9 Å². The summed E-state index contributed by atoms with van der Waals surface area (Å²) in [4.78, 5) is 23.7. The van der Waals surface area contributed by atoms with Gasteiger partial charge in [0.05, 0.1) is 6.10 Å². The fraction of sp³-hybridized carbons (Fsp3) is 0.500. The highest BCUT2D eigenvalue weighted by Crippen LogP contribution is 2.23. The molecule has 2 atom stereocenters. The maximum atomic E-state index is 11.9. The third kappa shape index (κ3) is 4.71. The van der Waals surface area contributed by atoms with Crippen molar-refractivity contribution < 1.29 is 14.7 Å². The summed E-state index contributed by atoms with van der Waals surface area (Å²) in [5.74, 6) is -1.12. The summed E-state index contributed by atoms with van der Waals surface area (Å²) in [6.45, 7) is 2.23. The lowest BCUT2D eigenvalue weighted by Crippen LogP contribution is -2.39. The van der Waals surface area contributed by atoms with E-state index in [1.54, 1.807) is 18.2 Å². The van der Waals surface area contributed by atoms with Crippen LogP contribution in [0.2, 0.25) is 5.02 Å². The van der Waals surface area contributed by atoms with E-state index in [1.165, 1.54) is 0 Å². The van der Waals surface area contributed by atoms with Crippen LogP contribution in [0.15, 0.2) is 18.2 Å². The van der Waals surface area contributed by atoms with E-state index in [4.69, 9.17) is 11.6 Å². The highest BCUT2D eigenvalue weighted by atomic mass is 35.5. The topological polar surface area (TPSA) is 78.4 Å². The molecule has 1 fully saturated rings. The molecule has 1 aromatic rings. The SMILES string of the molecule is Cc1cc(Cl)ccc1NC(=O)C(=O)NCC1CCCC(O)C1. The van der Waals surface area contributed by atoms with Crippen LogP contribution in [-0.4, -0.2) is 29.6 Å². The maximum absolute atomic E-state index is 11.9. The van der Waals surface area contributed by atoms with Crippen LogP contribution in [0.1, 0.15) is 31.2 Å². The number of rotatable bonds is 3. The Bertz CT molecular complexity index is 562. The molecule has 1 aliphatic carbocycles. The van der Waals surface area contributed by atoms with Gasteiger partial charge in [-0.15, -0.1) is 0 Å². The first-order valence-electron chi connectivity index (χ1n) is 7.49. The number of carbonyl (C=O) groups is 2. The van der Waals surface area contributed by atoms with Crippen molar-refractivity contribution in [1.29, 1.82) is 0 Å². The molecule has 1 aliphatic rings. The molecule has 0 saturated heterocycles. The molecule has 5 nitrogen and oxygen atoms in total. The van der Waals surface area contributed by atoms with Crippen molar-refractivity contribution in [3.05, 3.63) is 28.8 Å². The lowest BCUT2D eigenvalue weighted by Gasteiger charge is -2.25. The first-order chi connectivity index (χ1) is 10.5. The van der Waals surface area contributed by atoms with Crippen LogP contribution in [0.3, 0.4) is 0 Å². The average Bonchev–Trinajstić information content (AvgIpc) is 2.47. The molecule has 0 spiro atoms. The predicted molar refractivity (Wildman–Crippen MR) is 85.8 cm³/mol. The van der Waals surface area contributed by atoms with Gasteiger partial charge < -0.3 is 15.7 Å². The standard InChI is InChI=1S/C16H21ClN2O3/c1-10-7-12(17)5-6-14(10)19-16(22)15(21)18-9-11-3-2-4-13(20)8-11/h5-7,11,13,20H,2-4,8-9H2,1H3,(H,18,21)(H,19,22). The predicted octanol–water partition coefficient (Wildman–Crippen LogP) is 2.25. The fourth-order valence-electron chi connectivity index (χ4n) is 2.71. The van der Waals surface area contributed by atoms with Crippen LogP contribution in [0.4, 0.5) is 5.69 Å². The Morgan fingerprint density at radius 3 is 2.77 bits per heavy atom. The molecular weight excluding hydrogens is 304 g/mol. The van der Waals surface area contributed by atoms with E-state index in [1.807, 2.05) is 6.92 Å². The van der Waals surface area contributed by atoms with Gasteiger partial charge >= 0.3 is 11.8 Å². The Morgan fingerprint density at radius 2 is 2.09 bits per heavy atom. The van der Waals surface area contributed by atoms with E-state index in [9.17, 15) is 14.7 Å². The summed E-state index contributed by atoms with van der Waals surface area (Å²) in [6, 6.07) is 5.05. The number of halogens is 1. The van der Waals surface area contributed by atoms with Crippen LogP contribution >= 0.6 is 11.6 Å². The average molecular weight is 325 g/mol. The van der Waals surface area contributed by atoms with Gasteiger partial charge in [0.15, 0.2) is 0 Å². The highest BCUT2D eigenvalue weighted by molar-refractivity contribution is 6.39. The highest BCUT2D eigenvalue weighted by Gasteiger charge is 2.22. The molecule has 0 bridgehead atoms. The molecule has 0 heterocycles. The number of aliphatic hydroxyl groups is 1. The van der Waals surface area contributed by atoms with Crippen LogP contribution in [0, 0.1) is 12.8 Å². The quantitative estimate of drug-likeness (QED) is 0.746. The van der Waals surface area contributed by atoms with Gasteiger partial charge in [0.1, 0.15) is 0 Å². The Balaban J connectivity index is 1.83. The van der Waals surface area contributed by atoms with Crippen molar-refractivity contribution in [1.82, 2.24) is 5.32 Å². The summed E-state index contributed by atoms with van der Waals surface area (Å²) in [5.41, 5.74) is 1.36. The number of nitrogens with one attached hydrogen (secondary N) is 2. The van der Waals surface area contributed by atoms with Crippen molar-refractivity contribution in [3.8, 4) is 0 Å². The summed E-state index contributed by atoms with van der Waals surface area (Å²) in [5, 5.41) is 15.4. The van der Waals surface area contributed by atoms with E-state index in [0.29, 0.717) is 23.7 Å². The summed E-state index contributed by atoms with van der Waals surface area (Å²) >= 11 is 5.85. The van der Waals surface area contributed by atoms with E-state index in [2.05, 4.69) is 10.6 Å². The number of aryl methyl sites for hydroxylation is 1. The lowest BCUT2D eigenvalue weighted by atomic mass is 9.87. The summed E-state index contributed by atoms with van der Waals surface area (Å²) in [6.07, 6.45) is 3.13. The molecule has 0 aliphatic heterocycles. The van der Waals surface area contributed by atoms with Crippen molar-refractivity contribution in [2.24, 2.45) is 5.92 Å². The van der Waals surface area contributed by atoms with Gasteiger partial charge in [-0.2, -0.15) is 0 Å². The van der Waals surface area contributed by atoms with E-state index in [0.717, 1.165) is 24.8 Å². The second kappa shape index (κ2) is 7.61. The van der Waals surface area contributed by atoms with Crippen LogP contribution in [0.25, 0.3) is 0 Å². The Labute approximate surface area is 135 Å². The zero-order chi connectivity index (χ0) is 16.1. The molecule has 3 N–H and O–H groups in total. The number of amides is 2. The zero-order valence-electron chi connectivity index (χ0n) is 12.6. The number of anilines is 1. The smallest absolute Gasteiger partial charge is 0.313 e. The van der Waals surface area contributed by atoms with Gasteiger partial charge in [-0.25, -0.2) is 0 Å². The number of carbonyl (C=O) groups excluding carboxylic acids is 2. The van der Waals surface area contributed by atoms with Gasteiger partial charge in [-0.05, 0) is 55.9 Å². The van der Waals surface area contributed by atoms with Crippen molar-refractivity contribution in [3.63, 3.8) is 0 Å². The third-order valence-electron chi connectivity index (χ3n) is 3.95. The molecule has 1 saturated carbocycles. The fourth-order valence-corrected chi connectivity index (χ4v) is 2.94. The molecule has 1 aromatic carbocycles. The van der Waals surface area contributed by atoms with Gasteiger partial charge in [0, 0.05) is 17.3 Å². The molecule has 6 heteroatoms. The molecule has 2 unspecified atom stereocenters. The summed E-state index contributed by atoms with van der Waals surface area (Å²) in [7, 11) is 0. The summed E-state index contributed by atoms with van der Waals surface area (Å²) < 4.78 is 0. The number of aliphatic hydroxyl groups excluding tert-OH is 1. The second-order valence-electron chi connectivity index (χ2n) is 5.81. The molecule has 2 rings (SSSR count). The van der Waals surface area contributed by atoms with Crippen LogP contribution in [-0.2, 0) is 9.59 Å². The molecule has 0 aromatic heterocycles. The van der Waals surface area contributed by atoms with Gasteiger partial charge in [-0.1, -0.05) is 18.0 Å². The Kier molecular flexibility index (Phi) is 5.80. The van der Waals surface area contributed by atoms with Gasteiger partial charge in [-0.3, -0.25) is 9.59 Å². The first kappa shape index (κ1) is 16.8. The van der Waals surface area contributed by atoms with Crippen LogP contribution < -0.4 is 10.6 Å². The van der Waals surface area contributed by atoms with E-state index < -0.39 is 11.8 Å². The number of benzene rings is 1. The third-order valence-corrected chi connectivity index (χ3v) is 4.18. The van der Waals surface area contributed by atoms with Gasteiger partial charge in [0.2, 0.25) is 0 Å². The van der Waals surface area contributed by atoms with Crippen molar-refractivity contribution in [2.45, 2.75) is 38.7 Å². The van der Waals surface area contributed by atoms with Gasteiger partial charge in [0.25, 0.3) is 0 Å². The van der Waals surface area contributed by atoms with Crippen molar-refractivity contribution >= 4 is 29.1 Å². The first-order valence-corrected chi connectivity index (χ1v) is 7.87. The van der Waals surface area contributed by atoms with E-state index in [-0.39, 0.29) is 12.0 Å². The molecular formula is C16H21ClN2O3. The molecule has 22 heavy (non-hydrogen) atoms. The minimum atomic E-state index is -0.693. The number of hydrogen-bond acceptors (Lipinski definition) is 3. The number of hydrogen-bond donors (Lipinski definition) is 3. The monoisotopic (exact) mass is 324 g/mol. The molecule has 120 valence electrons. The molecule has 0 radical (unpaired) electrons. The maximum Gasteiger partial charge on any atom is 0.313 e. The zero-order valence-corrected chi connectivity index (χ0v) is 13.3. The Morgan fingerprint density at radius 1 is 1.32 bits per heavy atom. The normalized spacial score (nSPS) is 21.2. The Hall–Kier alpha value is -1.59. The minimum absolute atomic E-state index is 0.234. The lowest BCUT2D eigenvalue weighted by molar-refractivity contribution is -0.136. The van der Waals surface area contributed by atoms with E-state index >= 15 is 0 Å². The second-order valence-corrected chi connectivity index (χ2v) is 6.25. The minimum Gasteiger partial charge on any atom is -0.393 e.